The van der Waals surface area contributed by atoms with Crippen molar-refractivity contribution in [2.24, 2.45) is 5.92 Å². The molecule has 0 aliphatic carbocycles. The summed E-state index contributed by atoms with van der Waals surface area (Å²) in [7, 11) is 0. The SMILES string of the molecule is O=C(Nc1nccs1)C1CCCN(C(=O)c2cnn(-c3ccc(F)cc3)c2-n2cccc2)C1. The summed E-state index contributed by atoms with van der Waals surface area (Å²) in [6.07, 6.45) is 8.26. The molecule has 4 heterocycles. The van der Waals surface area contributed by atoms with Crippen molar-refractivity contribution in [1.29, 1.82) is 0 Å². The van der Waals surface area contributed by atoms with Crippen molar-refractivity contribution in [3.8, 4) is 11.5 Å². The molecule has 10 heteroatoms. The highest BCUT2D eigenvalue weighted by Gasteiger charge is 2.31. The molecule has 1 fully saturated rings. The van der Waals surface area contributed by atoms with Gasteiger partial charge >= 0.3 is 0 Å². The Morgan fingerprint density at radius 3 is 2.67 bits per heavy atom. The minimum atomic E-state index is -0.347. The second-order valence-electron chi connectivity index (χ2n) is 7.78. The van der Waals surface area contributed by atoms with Crippen LogP contribution < -0.4 is 5.32 Å². The fourth-order valence-electron chi connectivity index (χ4n) is 4.03. The molecule has 4 aromatic rings. The lowest BCUT2D eigenvalue weighted by atomic mass is 9.96. The number of piperidine rings is 1. The van der Waals surface area contributed by atoms with E-state index in [1.807, 2.05) is 24.5 Å². The molecule has 1 aliphatic rings. The summed E-state index contributed by atoms with van der Waals surface area (Å²) in [6.45, 7) is 0.885. The molecule has 1 N–H and O–H groups in total. The third kappa shape index (κ3) is 4.29. The molecule has 5 rings (SSSR count). The molecule has 8 nitrogen and oxygen atoms in total. The first kappa shape index (κ1) is 21.1. The van der Waals surface area contributed by atoms with Gasteiger partial charge in [-0.3, -0.25) is 9.59 Å². The summed E-state index contributed by atoms with van der Waals surface area (Å²) in [5.74, 6) is -0.422. The quantitative estimate of drug-likeness (QED) is 0.488. The Balaban J connectivity index is 1.42. The second kappa shape index (κ2) is 8.99. The molecule has 2 amide bonds. The average molecular weight is 465 g/mol. The van der Waals surface area contributed by atoms with Crippen molar-refractivity contribution in [3.63, 3.8) is 0 Å². The lowest BCUT2D eigenvalue weighted by Crippen LogP contribution is -2.44. The summed E-state index contributed by atoms with van der Waals surface area (Å²) >= 11 is 1.36. The number of aromatic nitrogens is 4. The van der Waals surface area contributed by atoms with Crippen molar-refractivity contribution in [3.05, 3.63) is 77.9 Å². The fraction of sp³-hybridized carbons (Fsp3) is 0.217. The van der Waals surface area contributed by atoms with E-state index >= 15 is 0 Å². The van der Waals surface area contributed by atoms with E-state index in [0.29, 0.717) is 41.7 Å². The summed E-state index contributed by atoms with van der Waals surface area (Å²) in [4.78, 5) is 32.1. The van der Waals surface area contributed by atoms with Crippen molar-refractivity contribution in [2.45, 2.75) is 12.8 Å². The molecule has 0 saturated carbocycles. The van der Waals surface area contributed by atoms with Crippen molar-refractivity contribution < 1.29 is 14.0 Å². The third-order valence-electron chi connectivity index (χ3n) is 5.64. The number of nitrogens with one attached hydrogen (secondary N) is 1. The number of carbonyl (C=O) groups is 2. The van der Waals surface area contributed by atoms with Crippen LogP contribution in [-0.4, -0.2) is 49.1 Å². The Kier molecular flexibility index (Phi) is 5.74. The van der Waals surface area contributed by atoms with Crippen molar-refractivity contribution >= 4 is 28.3 Å². The second-order valence-corrected chi connectivity index (χ2v) is 8.67. The zero-order chi connectivity index (χ0) is 22.8. The molecule has 1 atom stereocenters. The third-order valence-corrected chi connectivity index (χ3v) is 6.32. The number of likely N-dealkylation sites (tertiary alicyclic amines) is 1. The van der Waals surface area contributed by atoms with Gasteiger partial charge in [-0.25, -0.2) is 14.1 Å². The topological polar surface area (TPSA) is 85.1 Å². The van der Waals surface area contributed by atoms with E-state index in [9.17, 15) is 14.0 Å². The fourth-order valence-corrected chi connectivity index (χ4v) is 4.56. The summed E-state index contributed by atoms with van der Waals surface area (Å²) in [5, 5.41) is 9.62. The lowest BCUT2D eigenvalue weighted by Gasteiger charge is -2.32. The number of amides is 2. The largest absolute Gasteiger partial charge is 0.338 e. The Morgan fingerprint density at radius 2 is 1.94 bits per heavy atom. The molecular weight excluding hydrogens is 443 g/mol. The van der Waals surface area contributed by atoms with Crippen molar-refractivity contribution in [1.82, 2.24) is 24.2 Å². The van der Waals surface area contributed by atoms with E-state index in [2.05, 4.69) is 15.4 Å². The van der Waals surface area contributed by atoms with Gasteiger partial charge in [0, 0.05) is 37.1 Å². The lowest BCUT2D eigenvalue weighted by molar-refractivity contribution is -0.121. The molecule has 168 valence electrons. The molecule has 0 radical (unpaired) electrons. The van der Waals surface area contributed by atoms with Crippen LogP contribution in [0.1, 0.15) is 23.2 Å². The number of hydrogen-bond acceptors (Lipinski definition) is 5. The van der Waals surface area contributed by atoms with Gasteiger partial charge < -0.3 is 14.8 Å². The van der Waals surface area contributed by atoms with Gasteiger partial charge in [-0.2, -0.15) is 5.10 Å². The molecule has 1 aliphatic heterocycles. The molecule has 3 aromatic heterocycles. The first-order chi connectivity index (χ1) is 16.1. The van der Waals surface area contributed by atoms with Crippen LogP contribution in [0.5, 0.6) is 0 Å². The molecule has 33 heavy (non-hydrogen) atoms. The van der Waals surface area contributed by atoms with Crippen LogP contribution in [0.25, 0.3) is 11.5 Å². The highest BCUT2D eigenvalue weighted by atomic mass is 32.1. The number of halogens is 1. The number of hydrogen-bond donors (Lipinski definition) is 1. The number of nitrogens with zero attached hydrogens (tertiary/aromatic N) is 5. The van der Waals surface area contributed by atoms with Gasteiger partial charge in [-0.05, 0) is 49.2 Å². The maximum atomic E-state index is 13.6. The van der Waals surface area contributed by atoms with Gasteiger partial charge in [-0.1, -0.05) is 0 Å². The van der Waals surface area contributed by atoms with Crippen LogP contribution in [0.2, 0.25) is 0 Å². The van der Waals surface area contributed by atoms with Crippen LogP contribution in [0, 0.1) is 11.7 Å². The zero-order valence-corrected chi connectivity index (χ0v) is 18.4. The highest BCUT2D eigenvalue weighted by molar-refractivity contribution is 7.13. The van der Waals surface area contributed by atoms with Crippen LogP contribution in [0.15, 0.2) is 66.6 Å². The average Bonchev–Trinajstić information content (AvgIpc) is 3.60. The maximum Gasteiger partial charge on any atom is 0.259 e. The van der Waals surface area contributed by atoms with E-state index in [1.54, 1.807) is 37.9 Å². The molecule has 1 aromatic carbocycles. The highest BCUT2D eigenvalue weighted by Crippen LogP contribution is 2.25. The predicted octanol–water partition coefficient (Wildman–Crippen LogP) is 3.75. The summed E-state index contributed by atoms with van der Waals surface area (Å²) in [5.41, 5.74) is 1.05. The van der Waals surface area contributed by atoms with Crippen molar-refractivity contribution in [2.75, 3.05) is 18.4 Å². The van der Waals surface area contributed by atoms with Gasteiger partial charge in [0.25, 0.3) is 5.91 Å². The van der Waals surface area contributed by atoms with E-state index in [1.165, 1.54) is 29.7 Å². The predicted molar refractivity (Wildman–Crippen MR) is 122 cm³/mol. The van der Waals surface area contributed by atoms with Gasteiger partial charge in [0.1, 0.15) is 11.4 Å². The monoisotopic (exact) mass is 464 g/mol. The molecular formula is C23H21FN6O2S. The van der Waals surface area contributed by atoms with Gasteiger partial charge in [-0.15, -0.1) is 11.3 Å². The minimum absolute atomic E-state index is 0.130. The standard InChI is InChI=1S/C23H21FN6O2S/c24-17-5-7-18(8-6-17)30-21(28-10-1-2-11-28)19(14-26-30)22(32)29-12-3-4-16(15-29)20(31)27-23-25-9-13-33-23/h1-2,5-11,13-14,16H,3-4,12,15H2,(H,25,27,31). The van der Waals surface area contributed by atoms with Crippen LogP contribution in [-0.2, 0) is 4.79 Å². The first-order valence-corrected chi connectivity index (χ1v) is 11.4. The molecule has 1 unspecified atom stereocenters. The van der Waals surface area contributed by atoms with E-state index < -0.39 is 0 Å². The van der Waals surface area contributed by atoms with Gasteiger partial charge in [0.15, 0.2) is 10.9 Å². The Hall–Kier alpha value is -3.79. The van der Waals surface area contributed by atoms with Gasteiger partial charge in [0.2, 0.25) is 5.91 Å². The minimum Gasteiger partial charge on any atom is -0.338 e. The number of carbonyl (C=O) groups excluding carboxylic acids is 2. The van der Waals surface area contributed by atoms with E-state index in [0.717, 1.165) is 6.42 Å². The Bertz CT molecular complexity index is 1250. The van der Waals surface area contributed by atoms with E-state index in [-0.39, 0.29) is 23.5 Å². The number of anilines is 1. The van der Waals surface area contributed by atoms with Gasteiger partial charge in [0.05, 0.1) is 17.8 Å². The number of thiazole rings is 1. The normalized spacial score (nSPS) is 16.0. The smallest absolute Gasteiger partial charge is 0.259 e. The maximum absolute atomic E-state index is 13.6. The Labute approximate surface area is 193 Å². The first-order valence-electron chi connectivity index (χ1n) is 10.6. The zero-order valence-electron chi connectivity index (χ0n) is 17.6. The number of rotatable bonds is 5. The molecule has 0 bridgehead atoms. The van der Waals surface area contributed by atoms with Crippen LogP contribution >= 0.6 is 11.3 Å². The summed E-state index contributed by atoms with van der Waals surface area (Å²) in [6, 6.07) is 9.65. The van der Waals surface area contributed by atoms with Crippen LogP contribution in [0.4, 0.5) is 9.52 Å². The molecule has 1 saturated heterocycles. The van der Waals surface area contributed by atoms with E-state index in [4.69, 9.17) is 0 Å². The molecule has 0 spiro atoms. The number of benzene rings is 1. The Morgan fingerprint density at radius 1 is 1.15 bits per heavy atom. The summed E-state index contributed by atoms with van der Waals surface area (Å²) < 4.78 is 16.9. The van der Waals surface area contributed by atoms with Crippen LogP contribution in [0.3, 0.4) is 0 Å².